The molecule has 150 valence electrons. The van der Waals surface area contributed by atoms with Crippen LogP contribution in [0.25, 0.3) is 5.69 Å². The second-order valence-electron chi connectivity index (χ2n) is 5.54. The molecule has 0 fully saturated rings. The molecule has 0 amide bonds. The minimum Gasteiger partial charge on any atom is -1.00 e. The molecule has 1 heterocycles. The fraction of sp³-hybridized carbons (Fsp3) is 0.278. The SMILES string of the molecule is CCOc1c(Cl)cc(Cl)cc1CNCCSc1nnnn1-c1ccccc1.[Cl-]. The van der Waals surface area contributed by atoms with Crippen molar-refractivity contribution in [1.29, 1.82) is 0 Å². The van der Waals surface area contributed by atoms with Gasteiger partial charge in [0.05, 0.1) is 17.3 Å². The molecule has 1 aromatic heterocycles. The van der Waals surface area contributed by atoms with Crippen LogP contribution in [0.1, 0.15) is 12.5 Å². The Bertz CT molecular complexity index is 879. The molecule has 3 aromatic rings. The highest BCUT2D eigenvalue weighted by Crippen LogP contribution is 2.32. The third kappa shape index (κ3) is 5.99. The number of thioether (sulfide) groups is 1. The molecule has 0 saturated heterocycles. The number of hydrogen-bond donors (Lipinski definition) is 1. The molecule has 0 radical (unpaired) electrons. The van der Waals surface area contributed by atoms with Crippen LogP contribution in [0, 0.1) is 0 Å². The summed E-state index contributed by atoms with van der Waals surface area (Å²) in [5.41, 5.74) is 1.88. The number of aromatic nitrogens is 4. The molecule has 10 heteroatoms. The zero-order chi connectivity index (χ0) is 19.1. The zero-order valence-electron chi connectivity index (χ0n) is 15.1. The van der Waals surface area contributed by atoms with Gasteiger partial charge in [-0.15, -0.1) is 5.10 Å². The van der Waals surface area contributed by atoms with Crippen molar-refractivity contribution in [3.05, 3.63) is 58.1 Å². The minimum absolute atomic E-state index is 0. The van der Waals surface area contributed by atoms with E-state index in [4.69, 9.17) is 27.9 Å². The van der Waals surface area contributed by atoms with E-state index in [0.717, 1.165) is 28.7 Å². The van der Waals surface area contributed by atoms with E-state index in [9.17, 15) is 0 Å². The second kappa shape index (κ2) is 11.5. The molecule has 2 aromatic carbocycles. The predicted octanol–water partition coefficient (Wildman–Crippen LogP) is 1.25. The fourth-order valence-corrected chi connectivity index (χ4v) is 3.87. The highest BCUT2D eigenvalue weighted by atomic mass is 35.5. The van der Waals surface area contributed by atoms with Gasteiger partial charge in [-0.2, -0.15) is 4.68 Å². The summed E-state index contributed by atoms with van der Waals surface area (Å²) >= 11 is 13.9. The number of hydrogen-bond acceptors (Lipinski definition) is 6. The monoisotopic (exact) mass is 458 g/mol. The Labute approximate surface area is 184 Å². The quantitative estimate of drug-likeness (QED) is 0.384. The Morgan fingerprint density at radius 2 is 1.96 bits per heavy atom. The van der Waals surface area contributed by atoms with Crippen molar-refractivity contribution in [2.24, 2.45) is 0 Å². The molecule has 0 bridgehead atoms. The van der Waals surface area contributed by atoms with Gasteiger partial charge in [0.1, 0.15) is 5.75 Å². The molecule has 0 spiro atoms. The van der Waals surface area contributed by atoms with Gasteiger partial charge < -0.3 is 22.5 Å². The van der Waals surface area contributed by atoms with E-state index >= 15 is 0 Å². The number of ether oxygens (including phenoxy) is 1. The van der Waals surface area contributed by atoms with Gasteiger partial charge in [-0.05, 0) is 41.6 Å². The summed E-state index contributed by atoms with van der Waals surface area (Å²) in [6.07, 6.45) is 0. The third-order valence-corrected chi connectivity index (χ3v) is 5.06. The van der Waals surface area contributed by atoms with E-state index in [1.165, 1.54) is 0 Å². The van der Waals surface area contributed by atoms with Gasteiger partial charge in [0, 0.05) is 29.4 Å². The summed E-state index contributed by atoms with van der Waals surface area (Å²) in [6.45, 7) is 3.85. The van der Waals surface area contributed by atoms with Gasteiger partial charge in [-0.3, -0.25) is 0 Å². The van der Waals surface area contributed by atoms with Crippen molar-refractivity contribution < 1.29 is 17.1 Å². The number of nitrogens with one attached hydrogen (secondary N) is 1. The molecule has 28 heavy (non-hydrogen) atoms. The lowest BCUT2D eigenvalue weighted by atomic mass is 10.2. The van der Waals surface area contributed by atoms with Crippen LogP contribution in [-0.2, 0) is 6.54 Å². The normalized spacial score (nSPS) is 10.5. The number of tetrazole rings is 1. The molecular weight excluding hydrogens is 441 g/mol. The van der Waals surface area contributed by atoms with Crippen LogP contribution in [0.15, 0.2) is 47.6 Å². The van der Waals surface area contributed by atoms with E-state index in [1.807, 2.05) is 43.3 Å². The molecule has 0 unspecified atom stereocenters. The Kier molecular flexibility index (Phi) is 9.34. The number of para-hydroxylation sites is 1. The fourth-order valence-electron chi connectivity index (χ4n) is 2.49. The largest absolute Gasteiger partial charge is 1.00 e. The van der Waals surface area contributed by atoms with Crippen molar-refractivity contribution in [2.45, 2.75) is 18.6 Å². The van der Waals surface area contributed by atoms with E-state index in [0.29, 0.717) is 28.9 Å². The average Bonchev–Trinajstić information content (AvgIpc) is 3.13. The molecule has 0 aliphatic rings. The second-order valence-corrected chi connectivity index (χ2v) is 7.45. The van der Waals surface area contributed by atoms with Crippen LogP contribution >= 0.6 is 35.0 Å². The molecule has 6 nitrogen and oxygen atoms in total. The summed E-state index contributed by atoms with van der Waals surface area (Å²) in [6, 6.07) is 13.4. The van der Waals surface area contributed by atoms with Gasteiger partial charge in [-0.25, -0.2) is 0 Å². The first-order chi connectivity index (χ1) is 13.2. The molecule has 0 aliphatic heterocycles. The highest BCUT2D eigenvalue weighted by Gasteiger charge is 2.11. The first kappa shape index (κ1) is 22.8. The van der Waals surface area contributed by atoms with Crippen molar-refractivity contribution in [2.75, 3.05) is 18.9 Å². The van der Waals surface area contributed by atoms with Crippen LogP contribution in [0.2, 0.25) is 10.0 Å². The van der Waals surface area contributed by atoms with E-state index in [-0.39, 0.29) is 12.4 Å². The smallest absolute Gasteiger partial charge is 0.214 e. The molecule has 0 aliphatic carbocycles. The Hall–Kier alpha value is -1.51. The van der Waals surface area contributed by atoms with E-state index < -0.39 is 0 Å². The molecule has 0 atom stereocenters. The van der Waals surface area contributed by atoms with Crippen LogP contribution in [0.5, 0.6) is 5.75 Å². The molecule has 1 N–H and O–H groups in total. The summed E-state index contributed by atoms with van der Waals surface area (Å²) in [7, 11) is 0. The summed E-state index contributed by atoms with van der Waals surface area (Å²) in [5.74, 6) is 1.49. The molecule has 0 saturated carbocycles. The lowest BCUT2D eigenvalue weighted by Crippen LogP contribution is -3.00. The van der Waals surface area contributed by atoms with Gasteiger partial charge in [0.2, 0.25) is 5.16 Å². The predicted molar refractivity (Wildman–Crippen MR) is 109 cm³/mol. The van der Waals surface area contributed by atoms with E-state index in [1.54, 1.807) is 22.5 Å². The standard InChI is InChI=1S/C18H19Cl2N5OS.ClH/c1-2-26-17-13(10-14(19)11-16(17)20)12-21-8-9-27-18-22-23-24-25(18)15-6-4-3-5-7-15;/h3-7,10-11,21H,2,8-9,12H2,1H3;1H/p-1. The van der Waals surface area contributed by atoms with Crippen molar-refractivity contribution >= 4 is 35.0 Å². The summed E-state index contributed by atoms with van der Waals surface area (Å²) < 4.78 is 7.37. The average molecular weight is 460 g/mol. The minimum atomic E-state index is 0. The third-order valence-electron chi connectivity index (χ3n) is 3.64. The molecule has 3 rings (SSSR count). The number of rotatable bonds is 9. The topological polar surface area (TPSA) is 64.9 Å². The maximum atomic E-state index is 6.23. The first-order valence-corrected chi connectivity index (χ1v) is 10.2. The van der Waals surface area contributed by atoms with Gasteiger partial charge in [0.15, 0.2) is 0 Å². The van der Waals surface area contributed by atoms with Gasteiger partial charge in [0.25, 0.3) is 0 Å². The van der Waals surface area contributed by atoms with E-state index in [2.05, 4.69) is 20.8 Å². The van der Waals surface area contributed by atoms with Crippen LogP contribution in [0.3, 0.4) is 0 Å². The van der Waals surface area contributed by atoms with Crippen molar-refractivity contribution in [3.63, 3.8) is 0 Å². The van der Waals surface area contributed by atoms with Gasteiger partial charge in [-0.1, -0.05) is 53.2 Å². The number of benzene rings is 2. The Balaban J connectivity index is 0.00000280. The van der Waals surface area contributed by atoms with Crippen LogP contribution in [-0.4, -0.2) is 39.1 Å². The van der Waals surface area contributed by atoms with Crippen molar-refractivity contribution in [1.82, 2.24) is 25.5 Å². The van der Waals surface area contributed by atoms with Gasteiger partial charge >= 0.3 is 0 Å². The maximum absolute atomic E-state index is 6.23. The number of halogens is 3. The lowest BCUT2D eigenvalue weighted by molar-refractivity contribution is -0.00000591. The summed E-state index contributed by atoms with van der Waals surface area (Å²) in [4.78, 5) is 0. The summed E-state index contributed by atoms with van der Waals surface area (Å²) in [5, 5.41) is 17.2. The number of nitrogens with zero attached hydrogens (tertiary/aromatic N) is 4. The van der Waals surface area contributed by atoms with Crippen molar-refractivity contribution in [3.8, 4) is 11.4 Å². The maximum Gasteiger partial charge on any atom is 0.214 e. The Morgan fingerprint density at radius 1 is 1.18 bits per heavy atom. The first-order valence-electron chi connectivity index (χ1n) is 8.47. The van der Waals surface area contributed by atoms with Crippen LogP contribution < -0.4 is 22.5 Å². The zero-order valence-corrected chi connectivity index (χ0v) is 18.2. The van der Waals surface area contributed by atoms with Crippen LogP contribution in [0.4, 0.5) is 0 Å². The Morgan fingerprint density at radius 3 is 2.71 bits per heavy atom. The molecular formula is C18H19Cl3N5OS-. The lowest BCUT2D eigenvalue weighted by Gasteiger charge is -2.13. The highest BCUT2D eigenvalue weighted by molar-refractivity contribution is 7.99.